The molecule has 47 heavy (non-hydrogen) atoms. The van der Waals surface area contributed by atoms with Crippen molar-refractivity contribution in [1.82, 2.24) is 9.88 Å². The highest BCUT2D eigenvalue weighted by Gasteiger charge is 2.25. The minimum atomic E-state index is -0.466. The van der Waals surface area contributed by atoms with Crippen molar-refractivity contribution in [2.24, 2.45) is 11.7 Å². The van der Waals surface area contributed by atoms with Crippen molar-refractivity contribution in [2.75, 3.05) is 25.6 Å². The number of allylic oxidation sites excluding steroid dienone is 2. The van der Waals surface area contributed by atoms with E-state index in [9.17, 15) is 14.7 Å². The predicted octanol–water partition coefficient (Wildman–Crippen LogP) is 6.09. The lowest BCUT2D eigenvalue weighted by molar-refractivity contribution is 0.0512. The molecule has 1 amide bonds. The van der Waals surface area contributed by atoms with Gasteiger partial charge in [0.15, 0.2) is 11.5 Å². The standard InChI is InChI=1S/C38H40N4O5/c1-23-4-6-27(7-5-23)32-21-42(24(2)25-14-16-47-17-15-25)22-33(36(32)44)38(45)41-30-11-8-26(9-12-30)31-18-29(20-40-37(31)39)28-10-13-34(43)35(19-28)46-3/h4-13,18-22,24-25,37,40,43H,14-17,39H2,1-3H3,(H,41,45)/t24-,37?/m0/s1. The first-order valence-electron chi connectivity index (χ1n) is 15.8. The number of benzene rings is 3. The van der Waals surface area contributed by atoms with Crippen molar-refractivity contribution in [3.63, 3.8) is 0 Å². The molecule has 2 aliphatic heterocycles. The fourth-order valence-electron chi connectivity index (χ4n) is 6.17. The molecule has 2 aliphatic rings. The maximum absolute atomic E-state index is 13.8. The zero-order chi connectivity index (χ0) is 33.1. The maximum atomic E-state index is 13.8. The van der Waals surface area contributed by atoms with Crippen LogP contribution < -0.4 is 26.5 Å². The zero-order valence-electron chi connectivity index (χ0n) is 26.8. The lowest BCUT2D eigenvalue weighted by Crippen LogP contribution is -2.36. The molecule has 3 heterocycles. The summed E-state index contributed by atoms with van der Waals surface area (Å²) in [7, 11) is 1.51. The van der Waals surface area contributed by atoms with Crippen LogP contribution in [-0.2, 0) is 4.74 Å². The van der Waals surface area contributed by atoms with E-state index in [1.54, 1.807) is 36.5 Å². The fourth-order valence-corrected chi connectivity index (χ4v) is 6.17. The molecule has 9 heteroatoms. The van der Waals surface area contributed by atoms with Crippen LogP contribution >= 0.6 is 0 Å². The molecular formula is C38H40N4O5. The lowest BCUT2D eigenvalue weighted by atomic mass is 9.92. The number of amides is 1. The van der Waals surface area contributed by atoms with E-state index in [0.29, 0.717) is 36.1 Å². The van der Waals surface area contributed by atoms with Crippen molar-refractivity contribution >= 4 is 22.7 Å². The molecule has 9 nitrogen and oxygen atoms in total. The summed E-state index contributed by atoms with van der Waals surface area (Å²) in [5.41, 5.74) is 12.5. The summed E-state index contributed by atoms with van der Waals surface area (Å²) in [4.78, 5) is 27.5. The van der Waals surface area contributed by atoms with Crippen LogP contribution in [0.1, 0.15) is 52.9 Å². The van der Waals surface area contributed by atoms with Crippen molar-refractivity contribution in [2.45, 2.75) is 38.9 Å². The number of pyridine rings is 1. The van der Waals surface area contributed by atoms with E-state index < -0.39 is 12.1 Å². The topological polar surface area (TPSA) is 128 Å². The quantitative estimate of drug-likeness (QED) is 0.185. The number of ether oxygens (including phenoxy) is 2. The molecule has 3 aromatic carbocycles. The molecule has 242 valence electrons. The van der Waals surface area contributed by atoms with E-state index in [1.807, 2.05) is 66.4 Å². The Morgan fingerprint density at radius 1 is 1.02 bits per heavy atom. The number of phenolic OH excluding ortho intramolecular Hbond substituents is 1. The molecule has 0 spiro atoms. The molecule has 1 saturated heterocycles. The monoisotopic (exact) mass is 632 g/mol. The van der Waals surface area contributed by atoms with Crippen LogP contribution in [0.25, 0.3) is 22.3 Å². The number of carbonyl (C=O) groups is 1. The normalized spacial score (nSPS) is 17.2. The number of nitrogens with two attached hydrogens (primary N) is 1. The number of nitrogens with one attached hydrogen (secondary N) is 2. The van der Waals surface area contributed by atoms with Gasteiger partial charge in [0.2, 0.25) is 5.43 Å². The van der Waals surface area contributed by atoms with E-state index in [-0.39, 0.29) is 22.8 Å². The molecule has 2 atom stereocenters. The number of aromatic hydroxyl groups is 1. The number of nitrogens with zero attached hydrogens (tertiary/aromatic N) is 1. The van der Waals surface area contributed by atoms with Crippen molar-refractivity contribution in [3.05, 3.63) is 124 Å². The summed E-state index contributed by atoms with van der Waals surface area (Å²) in [5, 5.41) is 16.1. The van der Waals surface area contributed by atoms with Crippen LogP contribution in [0.15, 0.2) is 96.2 Å². The van der Waals surface area contributed by atoms with Gasteiger partial charge in [-0.05, 0) is 90.8 Å². The van der Waals surface area contributed by atoms with Gasteiger partial charge in [-0.25, -0.2) is 0 Å². The first-order valence-corrected chi connectivity index (χ1v) is 15.8. The Hall–Kier alpha value is -5.12. The number of hydrogen-bond donors (Lipinski definition) is 4. The van der Waals surface area contributed by atoms with Crippen molar-refractivity contribution < 1.29 is 19.4 Å². The lowest BCUT2D eigenvalue weighted by Gasteiger charge is -2.30. The molecule has 1 aromatic heterocycles. The molecule has 0 aliphatic carbocycles. The summed E-state index contributed by atoms with van der Waals surface area (Å²) in [6, 6.07) is 20.4. The summed E-state index contributed by atoms with van der Waals surface area (Å²) in [6.45, 7) is 5.56. The van der Waals surface area contributed by atoms with E-state index in [0.717, 1.165) is 46.2 Å². The zero-order valence-corrected chi connectivity index (χ0v) is 26.8. The van der Waals surface area contributed by atoms with Crippen LogP contribution in [0.5, 0.6) is 11.5 Å². The highest BCUT2D eigenvalue weighted by atomic mass is 16.5. The minimum absolute atomic E-state index is 0.0637. The Labute approximate surface area is 274 Å². The summed E-state index contributed by atoms with van der Waals surface area (Å²) in [6.07, 6.45) is 8.79. The number of methoxy groups -OCH3 is 1. The number of aryl methyl sites for hydroxylation is 1. The predicted molar refractivity (Wildman–Crippen MR) is 185 cm³/mol. The van der Waals surface area contributed by atoms with Crippen LogP contribution in [0, 0.1) is 12.8 Å². The van der Waals surface area contributed by atoms with E-state index >= 15 is 0 Å². The fraction of sp³-hybridized carbons (Fsp3) is 0.263. The van der Waals surface area contributed by atoms with Gasteiger partial charge in [0.25, 0.3) is 5.91 Å². The molecule has 0 bridgehead atoms. The highest BCUT2D eigenvalue weighted by Crippen LogP contribution is 2.33. The molecule has 6 rings (SSSR count). The summed E-state index contributed by atoms with van der Waals surface area (Å²) < 4.78 is 12.9. The van der Waals surface area contributed by atoms with E-state index in [4.69, 9.17) is 15.2 Å². The second-order valence-corrected chi connectivity index (χ2v) is 12.2. The van der Waals surface area contributed by atoms with Gasteiger partial charge < -0.3 is 35.5 Å². The van der Waals surface area contributed by atoms with Gasteiger partial charge in [-0.1, -0.05) is 48.0 Å². The van der Waals surface area contributed by atoms with Crippen LogP contribution in [0.4, 0.5) is 5.69 Å². The molecule has 4 aromatic rings. The van der Waals surface area contributed by atoms with E-state index in [1.165, 1.54) is 7.11 Å². The largest absolute Gasteiger partial charge is 0.504 e. The molecule has 0 saturated carbocycles. The molecule has 0 radical (unpaired) electrons. The van der Waals surface area contributed by atoms with Gasteiger partial charge in [0.1, 0.15) is 11.7 Å². The van der Waals surface area contributed by atoms with Crippen LogP contribution in [-0.4, -0.2) is 42.1 Å². The van der Waals surface area contributed by atoms with Gasteiger partial charge >= 0.3 is 0 Å². The third-order valence-electron chi connectivity index (χ3n) is 9.12. The first kappa shape index (κ1) is 31.8. The first-order chi connectivity index (χ1) is 22.7. The second kappa shape index (κ2) is 13.7. The molecular weight excluding hydrogens is 592 g/mol. The third-order valence-corrected chi connectivity index (χ3v) is 9.12. The average Bonchev–Trinajstić information content (AvgIpc) is 3.10. The Morgan fingerprint density at radius 3 is 2.40 bits per heavy atom. The van der Waals surface area contributed by atoms with Gasteiger partial charge in [-0.3, -0.25) is 9.59 Å². The number of anilines is 1. The average molecular weight is 633 g/mol. The van der Waals surface area contributed by atoms with Crippen molar-refractivity contribution in [1.29, 1.82) is 0 Å². The number of aromatic nitrogens is 1. The van der Waals surface area contributed by atoms with Gasteiger partial charge in [0, 0.05) is 49.1 Å². The number of carbonyl (C=O) groups excluding carboxylic acids is 1. The number of rotatable bonds is 8. The number of dihydropyridines is 1. The third kappa shape index (κ3) is 6.86. The Balaban J connectivity index is 1.27. The molecule has 1 fully saturated rings. The maximum Gasteiger partial charge on any atom is 0.261 e. The van der Waals surface area contributed by atoms with Crippen LogP contribution in [0.2, 0.25) is 0 Å². The number of hydrogen-bond acceptors (Lipinski definition) is 7. The molecule has 1 unspecified atom stereocenters. The summed E-state index contributed by atoms with van der Waals surface area (Å²) >= 11 is 0. The minimum Gasteiger partial charge on any atom is -0.504 e. The van der Waals surface area contributed by atoms with E-state index in [2.05, 4.69) is 17.6 Å². The second-order valence-electron chi connectivity index (χ2n) is 12.2. The highest BCUT2D eigenvalue weighted by molar-refractivity contribution is 6.04. The molecule has 5 N–H and O–H groups in total. The Morgan fingerprint density at radius 2 is 1.70 bits per heavy atom. The van der Waals surface area contributed by atoms with Gasteiger partial charge in [-0.15, -0.1) is 0 Å². The smallest absolute Gasteiger partial charge is 0.261 e. The number of phenols is 1. The summed E-state index contributed by atoms with van der Waals surface area (Å²) in [5.74, 6) is 0.352. The van der Waals surface area contributed by atoms with Crippen molar-refractivity contribution in [3.8, 4) is 22.6 Å². The Bertz CT molecular complexity index is 1890. The van der Waals surface area contributed by atoms with Gasteiger partial charge in [-0.2, -0.15) is 0 Å². The van der Waals surface area contributed by atoms with Crippen LogP contribution in [0.3, 0.4) is 0 Å². The Kier molecular flexibility index (Phi) is 9.29. The van der Waals surface area contributed by atoms with Gasteiger partial charge in [0.05, 0.1) is 7.11 Å². The SMILES string of the molecule is COc1cc(C2=CNC(N)C(c3ccc(NC(=O)c4cn([C@@H](C)C5CCOCC5)cc(-c5ccc(C)cc5)c4=O)cc3)=C2)ccc1O.